The number of nitriles is 1. The zero-order valence-electron chi connectivity index (χ0n) is 21.7. The molecule has 3 aromatic carbocycles. The van der Waals surface area contributed by atoms with Gasteiger partial charge in [0.05, 0.1) is 17.2 Å². The van der Waals surface area contributed by atoms with Crippen LogP contribution in [0.4, 0.5) is 0 Å². The van der Waals surface area contributed by atoms with Gasteiger partial charge in [-0.25, -0.2) is 13.1 Å². The first-order valence-corrected chi connectivity index (χ1v) is 14.2. The molecular formula is C31H31N3O3S. The SMILES string of the molecule is CCCCCCOc1ccc(-c2nn(-c3ccccc3)cc2C=C(C#N)S(=O)(=O)c2ccc(C)cc2)cc1. The number of para-hydroxylation sites is 1. The van der Waals surface area contributed by atoms with Gasteiger partial charge in [-0.3, -0.25) is 0 Å². The van der Waals surface area contributed by atoms with Gasteiger partial charge in [-0.15, -0.1) is 0 Å². The van der Waals surface area contributed by atoms with Crippen LogP contribution in [0.3, 0.4) is 0 Å². The van der Waals surface area contributed by atoms with E-state index in [4.69, 9.17) is 9.84 Å². The fraction of sp³-hybridized carbons (Fsp3) is 0.226. The first-order chi connectivity index (χ1) is 18.4. The van der Waals surface area contributed by atoms with Gasteiger partial charge in [-0.1, -0.05) is 62.1 Å². The Bertz CT molecular complexity index is 1530. The second-order valence-electron chi connectivity index (χ2n) is 9.08. The lowest BCUT2D eigenvalue weighted by molar-refractivity contribution is 0.305. The number of unbranched alkanes of at least 4 members (excludes halogenated alkanes) is 3. The van der Waals surface area contributed by atoms with Gasteiger partial charge in [0.1, 0.15) is 22.4 Å². The number of hydrogen-bond donors (Lipinski definition) is 0. The van der Waals surface area contributed by atoms with Crippen molar-refractivity contribution in [3.05, 3.63) is 101 Å². The van der Waals surface area contributed by atoms with Gasteiger partial charge in [0.15, 0.2) is 0 Å². The van der Waals surface area contributed by atoms with E-state index in [-0.39, 0.29) is 9.80 Å². The summed E-state index contributed by atoms with van der Waals surface area (Å²) in [5.74, 6) is 0.768. The summed E-state index contributed by atoms with van der Waals surface area (Å²) in [7, 11) is -4.00. The minimum Gasteiger partial charge on any atom is -0.494 e. The van der Waals surface area contributed by atoms with Gasteiger partial charge in [0.25, 0.3) is 0 Å². The highest BCUT2D eigenvalue weighted by Gasteiger charge is 2.22. The van der Waals surface area contributed by atoms with Crippen LogP contribution in [0.2, 0.25) is 0 Å². The van der Waals surface area contributed by atoms with E-state index in [1.54, 1.807) is 23.0 Å². The number of sulfone groups is 1. The average molecular weight is 526 g/mol. The van der Waals surface area contributed by atoms with E-state index in [1.807, 2.05) is 67.6 Å². The van der Waals surface area contributed by atoms with E-state index in [2.05, 4.69) is 6.92 Å². The summed E-state index contributed by atoms with van der Waals surface area (Å²) in [6.07, 6.45) is 7.68. The first kappa shape index (κ1) is 26.9. The van der Waals surface area contributed by atoms with Crippen LogP contribution in [0.1, 0.15) is 43.7 Å². The van der Waals surface area contributed by atoms with E-state index >= 15 is 0 Å². The van der Waals surface area contributed by atoms with Crippen molar-refractivity contribution < 1.29 is 13.2 Å². The van der Waals surface area contributed by atoms with Crippen LogP contribution in [0.15, 0.2) is 94.9 Å². The maximum Gasteiger partial charge on any atom is 0.216 e. The standard InChI is InChI=1S/C31H31N3O3S/c1-3-4-5-9-20-37-28-16-14-25(15-17-28)31-26(23-34(33-31)27-10-7-6-8-11-27)21-30(22-32)38(35,36)29-18-12-24(2)13-19-29/h6-8,10-19,21,23H,3-5,9,20H2,1-2H3. The van der Waals surface area contributed by atoms with Crippen molar-refractivity contribution in [1.29, 1.82) is 5.26 Å². The molecule has 194 valence electrons. The number of aryl methyl sites for hydroxylation is 1. The first-order valence-electron chi connectivity index (χ1n) is 12.7. The Morgan fingerprint density at radius 1 is 0.974 bits per heavy atom. The largest absolute Gasteiger partial charge is 0.494 e. The van der Waals surface area contributed by atoms with Crippen molar-refractivity contribution in [1.82, 2.24) is 9.78 Å². The summed E-state index contributed by atoms with van der Waals surface area (Å²) in [6.45, 7) is 4.72. The van der Waals surface area contributed by atoms with Gasteiger partial charge >= 0.3 is 0 Å². The number of hydrogen-bond acceptors (Lipinski definition) is 5. The normalized spacial score (nSPS) is 11.8. The third-order valence-corrected chi connectivity index (χ3v) is 7.86. The van der Waals surface area contributed by atoms with Crippen LogP contribution in [0.5, 0.6) is 5.75 Å². The highest BCUT2D eigenvalue weighted by atomic mass is 32.2. The summed E-state index contributed by atoms with van der Waals surface area (Å²) in [4.78, 5) is -0.268. The topological polar surface area (TPSA) is 85.0 Å². The molecule has 7 heteroatoms. The molecule has 1 aromatic heterocycles. The molecule has 0 aliphatic rings. The predicted molar refractivity (Wildman–Crippen MR) is 151 cm³/mol. The Morgan fingerprint density at radius 3 is 2.34 bits per heavy atom. The lowest BCUT2D eigenvalue weighted by atomic mass is 10.1. The van der Waals surface area contributed by atoms with E-state index < -0.39 is 9.84 Å². The minimum atomic E-state index is -4.00. The molecule has 0 spiro atoms. The van der Waals surface area contributed by atoms with Crippen molar-refractivity contribution in [3.63, 3.8) is 0 Å². The second-order valence-corrected chi connectivity index (χ2v) is 11.0. The number of nitrogens with zero attached hydrogens (tertiary/aromatic N) is 3. The van der Waals surface area contributed by atoms with Crippen molar-refractivity contribution in [2.45, 2.75) is 44.4 Å². The van der Waals surface area contributed by atoms with Crippen LogP contribution in [-0.4, -0.2) is 24.8 Å². The third kappa shape index (κ3) is 6.39. The summed E-state index contributed by atoms with van der Waals surface area (Å²) >= 11 is 0. The number of allylic oxidation sites excluding steroid dienone is 1. The lowest BCUT2D eigenvalue weighted by Gasteiger charge is -2.07. The maximum atomic E-state index is 13.3. The highest BCUT2D eigenvalue weighted by Crippen LogP contribution is 2.29. The van der Waals surface area contributed by atoms with Gasteiger partial charge < -0.3 is 4.74 Å². The fourth-order valence-electron chi connectivity index (χ4n) is 4.01. The molecule has 0 saturated heterocycles. The molecule has 0 radical (unpaired) electrons. The molecule has 0 saturated carbocycles. The smallest absolute Gasteiger partial charge is 0.216 e. The van der Waals surface area contributed by atoms with Crippen molar-refractivity contribution in [3.8, 4) is 28.8 Å². The molecule has 1 heterocycles. The Balaban J connectivity index is 1.70. The van der Waals surface area contributed by atoms with Gasteiger partial charge in [-0.2, -0.15) is 10.4 Å². The number of rotatable bonds is 11. The fourth-order valence-corrected chi connectivity index (χ4v) is 5.16. The third-order valence-electron chi connectivity index (χ3n) is 6.18. The van der Waals surface area contributed by atoms with Gasteiger partial charge in [-0.05, 0) is 68.0 Å². The van der Waals surface area contributed by atoms with Crippen molar-refractivity contribution >= 4 is 15.9 Å². The molecule has 0 fully saturated rings. The van der Waals surface area contributed by atoms with Gasteiger partial charge in [0, 0.05) is 17.3 Å². The van der Waals surface area contributed by atoms with E-state index in [0.717, 1.165) is 35.4 Å². The molecule has 38 heavy (non-hydrogen) atoms. The molecule has 0 unspecified atom stereocenters. The van der Waals surface area contributed by atoms with Crippen molar-refractivity contribution in [2.75, 3.05) is 6.61 Å². The number of benzene rings is 3. The molecule has 0 aliphatic heterocycles. The molecule has 0 N–H and O–H groups in total. The summed E-state index contributed by atoms with van der Waals surface area (Å²) < 4.78 is 34.1. The Labute approximate surface area is 224 Å². The lowest BCUT2D eigenvalue weighted by Crippen LogP contribution is -2.03. The molecule has 0 aliphatic carbocycles. The second kappa shape index (κ2) is 12.4. The maximum absolute atomic E-state index is 13.3. The minimum absolute atomic E-state index is 0.0772. The molecule has 4 rings (SSSR count). The molecule has 0 amide bonds. The average Bonchev–Trinajstić information content (AvgIpc) is 3.36. The quantitative estimate of drug-likeness (QED) is 0.153. The molecule has 6 nitrogen and oxygen atoms in total. The van der Waals surface area contributed by atoms with E-state index in [1.165, 1.54) is 31.1 Å². The zero-order valence-corrected chi connectivity index (χ0v) is 22.5. The molecule has 0 atom stereocenters. The zero-order chi connectivity index (χ0) is 27.0. The van der Waals surface area contributed by atoms with Crippen LogP contribution in [0.25, 0.3) is 23.0 Å². The highest BCUT2D eigenvalue weighted by molar-refractivity contribution is 7.95. The number of ether oxygens (including phenoxy) is 1. The Morgan fingerprint density at radius 2 is 1.68 bits per heavy atom. The van der Waals surface area contributed by atoms with Gasteiger partial charge in [0.2, 0.25) is 9.84 Å². The summed E-state index contributed by atoms with van der Waals surface area (Å²) in [6, 6.07) is 25.5. The van der Waals surface area contributed by atoms with Crippen LogP contribution < -0.4 is 4.74 Å². The van der Waals surface area contributed by atoms with Crippen LogP contribution in [0, 0.1) is 18.3 Å². The van der Waals surface area contributed by atoms with Crippen LogP contribution in [-0.2, 0) is 9.84 Å². The monoisotopic (exact) mass is 525 g/mol. The Hall–Kier alpha value is -4.15. The van der Waals surface area contributed by atoms with E-state index in [9.17, 15) is 13.7 Å². The molecule has 0 bridgehead atoms. The van der Waals surface area contributed by atoms with Crippen molar-refractivity contribution in [2.24, 2.45) is 0 Å². The predicted octanol–water partition coefficient (Wildman–Crippen LogP) is 7.15. The van der Waals surface area contributed by atoms with E-state index in [0.29, 0.717) is 17.9 Å². The summed E-state index contributed by atoms with van der Waals surface area (Å²) in [5, 5.41) is 14.6. The van der Waals surface area contributed by atoms with Crippen LogP contribution >= 0.6 is 0 Å². The summed E-state index contributed by atoms with van der Waals surface area (Å²) in [5.41, 5.74) is 3.63. The number of aromatic nitrogens is 2. The molecular weight excluding hydrogens is 494 g/mol. The Kier molecular flexibility index (Phi) is 8.77. The molecule has 4 aromatic rings.